The number of benzene rings is 2. The Morgan fingerprint density at radius 2 is 0.967 bits per heavy atom. The van der Waals surface area contributed by atoms with E-state index in [0.29, 0.717) is 0 Å². The Labute approximate surface area is 179 Å². The van der Waals surface area contributed by atoms with Crippen molar-refractivity contribution in [3.8, 4) is 23.7 Å². The number of hydrogen-bond donors (Lipinski definition) is 0. The Balaban J connectivity index is 1.45. The summed E-state index contributed by atoms with van der Waals surface area (Å²) in [5.74, 6) is 12.2. The molecule has 0 N–H and O–H groups in total. The molecule has 0 amide bonds. The van der Waals surface area contributed by atoms with Gasteiger partial charge >= 0.3 is 0 Å². The van der Waals surface area contributed by atoms with Crippen LogP contribution in [-0.4, -0.2) is 14.5 Å². The van der Waals surface area contributed by atoms with Crippen molar-refractivity contribution in [1.29, 1.82) is 0 Å². The van der Waals surface area contributed by atoms with Gasteiger partial charge in [-0.2, -0.15) is 0 Å². The van der Waals surface area contributed by atoms with Crippen LogP contribution in [0.1, 0.15) is 22.5 Å². The maximum Gasteiger partial charge on any atom is 0.158 e. The predicted molar refractivity (Wildman–Crippen MR) is 118 cm³/mol. The van der Waals surface area contributed by atoms with Crippen molar-refractivity contribution in [1.82, 2.24) is 9.97 Å². The second kappa shape index (κ2) is 9.58. The predicted octanol–water partition coefficient (Wildman–Crippen LogP) is 4.44. The minimum atomic E-state index is -1.26. The minimum Gasteiger partial charge on any atom is -0.606 e. The normalized spacial score (nSPS) is 9.93. The van der Waals surface area contributed by atoms with Crippen LogP contribution in [0.3, 0.4) is 0 Å². The molecule has 0 bridgehead atoms. The Morgan fingerprint density at radius 3 is 1.33 bits per heavy atom. The van der Waals surface area contributed by atoms with Crippen molar-refractivity contribution < 1.29 is 4.55 Å². The molecule has 0 aliphatic heterocycles. The summed E-state index contributed by atoms with van der Waals surface area (Å²) in [5.41, 5.74) is 3.14. The van der Waals surface area contributed by atoms with Gasteiger partial charge in [0.05, 0.1) is 0 Å². The molecule has 142 valence electrons. The zero-order valence-corrected chi connectivity index (χ0v) is 16.8. The minimum absolute atomic E-state index is 0.719. The maximum atomic E-state index is 12.8. The van der Waals surface area contributed by atoms with Crippen LogP contribution in [0.2, 0.25) is 0 Å². The van der Waals surface area contributed by atoms with E-state index in [9.17, 15) is 4.55 Å². The number of nitrogens with zero attached hydrogens (tertiary/aromatic N) is 2. The second-order valence-corrected chi connectivity index (χ2v) is 7.73. The van der Waals surface area contributed by atoms with Crippen LogP contribution in [0.15, 0.2) is 107 Å². The van der Waals surface area contributed by atoms with Gasteiger partial charge in [-0.3, -0.25) is 0 Å². The van der Waals surface area contributed by atoms with Gasteiger partial charge < -0.3 is 4.55 Å². The molecule has 4 heteroatoms. The molecular weight excluding hydrogens is 388 g/mol. The summed E-state index contributed by atoms with van der Waals surface area (Å²) in [4.78, 5) is 9.82. The lowest BCUT2D eigenvalue weighted by Crippen LogP contribution is -2.02. The average Bonchev–Trinajstić information content (AvgIpc) is 2.83. The van der Waals surface area contributed by atoms with Crippen LogP contribution in [0.4, 0.5) is 0 Å². The lowest BCUT2D eigenvalue weighted by atomic mass is 10.2. The zero-order chi connectivity index (χ0) is 20.6. The monoisotopic (exact) mass is 404 g/mol. The molecule has 0 spiro atoms. The van der Waals surface area contributed by atoms with Crippen molar-refractivity contribution in [3.63, 3.8) is 0 Å². The summed E-state index contributed by atoms with van der Waals surface area (Å²) in [6.45, 7) is 0. The van der Waals surface area contributed by atoms with Gasteiger partial charge in [-0.25, -0.2) is 9.97 Å². The molecule has 4 aromatic rings. The van der Waals surface area contributed by atoms with Crippen LogP contribution >= 0.6 is 0 Å². The van der Waals surface area contributed by atoms with E-state index in [4.69, 9.17) is 0 Å². The SMILES string of the molecule is [O-][S+](c1ccc(C#Cc2ccccn2)cc1)c1ccc(C#Cc2ccccn2)cc1. The quantitative estimate of drug-likeness (QED) is 0.367. The number of pyridine rings is 2. The van der Waals surface area contributed by atoms with Gasteiger partial charge in [0.1, 0.15) is 11.4 Å². The topological polar surface area (TPSA) is 48.8 Å². The number of rotatable bonds is 2. The standard InChI is InChI=1S/C26H16N2OS/c29-30(25-15-9-21(10-16-25)7-13-23-5-1-3-19-27-23)26-17-11-22(12-18-26)8-14-24-6-2-4-20-28-24/h1-6,9-12,15-20H. The first kappa shape index (κ1) is 19.5. The summed E-state index contributed by atoms with van der Waals surface area (Å²) in [6, 6.07) is 26.1. The molecule has 0 saturated heterocycles. The molecule has 3 nitrogen and oxygen atoms in total. The van der Waals surface area contributed by atoms with Crippen molar-refractivity contribution in [2.45, 2.75) is 9.79 Å². The summed E-state index contributed by atoms with van der Waals surface area (Å²) in [5, 5.41) is 0. The highest BCUT2D eigenvalue weighted by Gasteiger charge is 2.14. The van der Waals surface area contributed by atoms with Crippen molar-refractivity contribution in [2.75, 3.05) is 0 Å². The Hall–Kier alpha value is -3.83. The first-order valence-corrected chi connectivity index (χ1v) is 10.4. The van der Waals surface area contributed by atoms with Crippen LogP contribution in [0.5, 0.6) is 0 Å². The molecule has 4 rings (SSSR count). The smallest absolute Gasteiger partial charge is 0.158 e. The lowest BCUT2D eigenvalue weighted by molar-refractivity contribution is 0.595. The summed E-state index contributed by atoms with van der Waals surface area (Å²) >= 11 is -1.26. The third-order valence-electron chi connectivity index (χ3n) is 4.14. The molecule has 30 heavy (non-hydrogen) atoms. The van der Waals surface area contributed by atoms with Crippen LogP contribution < -0.4 is 0 Å². The number of hydrogen-bond acceptors (Lipinski definition) is 3. The highest BCUT2D eigenvalue weighted by atomic mass is 32.2. The van der Waals surface area contributed by atoms with E-state index in [1.807, 2.05) is 84.9 Å². The lowest BCUT2D eigenvalue weighted by Gasteiger charge is -2.09. The van der Waals surface area contributed by atoms with E-state index in [2.05, 4.69) is 33.6 Å². The molecule has 2 aromatic carbocycles. The molecule has 0 saturated carbocycles. The van der Waals surface area contributed by atoms with Gasteiger partial charge in [0.15, 0.2) is 9.79 Å². The van der Waals surface area contributed by atoms with Crippen LogP contribution in [-0.2, 0) is 11.2 Å². The molecule has 0 aliphatic carbocycles. The van der Waals surface area contributed by atoms with Gasteiger partial charge in [0.25, 0.3) is 0 Å². The number of aromatic nitrogens is 2. The summed E-state index contributed by atoms with van der Waals surface area (Å²) in [6.07, 6.45) is 3.43. The van der Waals surface area contributed by atoms with Gasteiger partial charge in [-0.1, -0.05) is 24.0 Å². The van der Waals surface area contributed by atoms with E-state index in [-0.39, 0.29) is 0 Å². The first-order valence-electron chi connectivity index (χ1n) is 9.26. The van der Waals surface area contributed by atoms with Gasteiger partial charge in [-0.15, -0.1) is 0 Å². The summed E-state index contributed by atoms with van der Waals surface area (Å²) < 4.78 is 12.8. The molecule has 2 aromatic heterocycles. The van der Waals surface area contributed by atoms with E-state index in [1.165, 1.54) is 0 Å². The fraction of sp³-hybridized carbons (Fsp3) is 0. The highest BCUT2D eigenvalue weighted by molar-refractivity contribution is 7.91. The highest BCUT2D eigenvalue weighted by Crippen LogP contribution is 2.21. The van der Waals surface area contributed by atoms with Crippen LogP contribution in [0.25, 0.3) is 0 Å². The average molecular weight is 404 g/mol. The van der Waals surface area contributed by atoms with E-state index in [0.717, 1.165) is 32.3 Å². The van der Waals surface area contributed by atoms with Crippen LogP contribution in [0, 0.1) is 23.7 Å². The molecular formula is C26H16N2OS. The molecule has 0 aliphatic rings. The largest absolute Gasteiger partial charge is 0.606 e. The Bertz CT molecular complexity index is 1130. The maximum absolute atomic E-state index is 12.8. The third-order valence-corrected chi connectivity index (χ3v) is 5.54. The summed E-state index contributed by atoms with van der Waals surface area (Å²) in [7, 11) is 0. The van der Waals surface area contributed by atoms with Gasteiger partial charge in [0.2, 0.25) is 0 Å². The van der Waals surface area contributed by atoms with E-state index >= 15 is 0 Å². The zero-order valence-electron chi connectivity index (χ0n) is 15.9. The van der Waals surface area contributed by atoms with Gasteiger partial charge in [0, 0.05) is 34.7 Å². The van der Waals surface area contributed by atoms with E-state index in [1.54, 1.807) is 12.4 Å². The van der Waals surface area contributed by atoms with Crippen molar-refractivity contribution in [3.05, 3.63) is 120 Å². The van der Waals surface area contributed by atoms with Gasteiger partial charge in [-0.05, 0) is 84.6 Å². The molecule has 0 atom stereocenters. The molecule has 0 fully saturated rings. The Morgan fingerprint density at radius 1 is 0.533 bits per heavy atom. The fourth-order valence-electron chi connectivity index (χ4n) is 2.61. The Kier molecular flexibility index (Phi) is 6.22. The van der Waals surface area contributed by atoms with Crippen molar-refractivity contribution >= 4 is 11.2 Å². The molecule has 2 heterocycles. The second-order valence-electron chi connectivity index (χ2n) is 6.25. The van der Waals surface area contributed by atoms with E-state index < -0.39 is 11.2 Å². The first-order chi connectivity index (χ1) is 14.8. The fourth-order valence-corrected chi connectivity index (χ4v) is 3.64. The van der Waals surface area contributed by atoms with Crippen molar-refractivity contribution in [2.24, 2.45) is 0 Å². The third kappa shape index (κ3) is 5.16. The molecule has 0 radical (unpaired) electrons. The molecule has 0 unspecified atom stereocenters.